The van der Waals surface area contributed by atoms with Crippen LogP contribution in [0.3, 0.4) is 0 Å². The molecule has 0 unspecified atom stereocenters. The maximum absolute atomic E-state index is 12.4. The van der Waals surface area contributed by atoms with Gasteiger partial charge in [-0.05, 0) is 55.2 Å². The van der Waals surface area contributed by atoms with Gasteiger partial charge in [0.25, 0.3) is 5.91 Å². The van der Waals surface area contributed by atoms with Crippen molar-refractivity contribution in [3.05, 3.63) is 59.2 Å². The van der Waals surface area contributed by atoms with E-state index < -0.39 is 28.5 Å². The fraction of sp³-hybridized carbons (Fsp3) is 0.333. The lowest BCUT2D eigenvalue weighted by atomic mass is 10.1. The maximum atomic E-state index is 12.4. The van der Waals surface area contributed by atoms with Crippen LogP contribution in [0.1, 0.15) is 30.0 Å². The Morgan fingerprint density at radius 2 is 1.72 bits per heavy atom. The second-order valence-electron chi connectivity index (χ2n) is 6.68. The largest absolute Gasteiger partial charge is 0.456 e. The molecule has 0 spiro atoms. The number of hydrogen-bond donors (Lipinski definition) is 2. The quantitative estimate of drug-likeness (QED) is 0.610. The van der Waals surface area contributed by atoms with Crippen molar-refractivity contribution in [3.63, 3.8) is 0 Å². The second kappa shape index (κ2) is 10.2. The summed E-state index contributed by atoms with van der Waals surface area (Å²) in [6.45, 7) is 5.00. The van der Waals surface area contributed by atoms with Gasteiger partial charge in [-0.3, -0.25) is 9.59 Å². The molecule has 0 aliphatic carbocycles. The molecule has 0 aliphatic rings. The molecule has 0 saturated heterocycles. The van der Waals surface area contributed by atoms with Crippen molar-refractivity contribution in [3.8, 4) is 0 Å². The van der Waals surface area contributed by atoms with E-state index in [0.717, 1.165) is 17.5 Å². The minimum Gasteiger partial charge on any atom is -0.456 e. The van der Waals surface area contributed by atoms with Gasteiger partial charge in [-0.2, -0.15) is 0 Å². The molecular formula is C21H26N2O5S. The lowest BCUT2D eigenvalue weighted by molar-refractivity contribution is -0.147. The predicted octanol–water partition coefficient (Wildman–Crippen LogP) is 2.72. The Labute approximate surface area is 171 Å². The first-order valence-electron chi connectivity index (χ1n) is 9.32. The van der Waals surface area contributed by atoms with Crippen molar-refractivity contribution >= 4 is 27.6 Å². The molecule has 2 N–H and O–H groups in total. The molecule has 0 aliphatic heterocycles. The minimum atomic E-state index is -3.72. The Balaban J connectivity index is 1.76. The van der Waals surface area contributed by atoms with Gasteiger partial charge < -0.3 is 10.1 Å². The smallest absolute Gasteiger partial charge is 0.307 e. The second-order valence-corrected chi connectivity index (χ2v) is 8.41. The van der Waals surface area contributed by atoms with Gasteiger partial charge in [0.05, 0.1) is 11.3 Å². The Kier molecular flexibility index (Phi) is 7.92. The number of aryl methyl sites for hydroxylation is 3. The lowest BCUT2D eigenvalue weighted by Gasteiger charge is -2.10. The van der Waals surface area contributed by atoms with Crippen LogP contribution in [0.15, 0.2) is 47.4 Å². The van der Waals surface area contributed by atoms with Crippen molar-refractivity contribution in [2.75, 3.05) is 18.5 Å². The summed E-state index contributed by atoms with van der Waals surface area (Å²) in [6, 6.07) is 12.5. The highest BCUT2D eigenvalue weighted by Crippen LogP contribution is 2.16. The van der Waals surface area contributed by atoms with E-state index in [1.165, 1.54) is 0 Å². The minimum absolute atomic E-state index is 0.116. The average Bonchev–Trinajstić information content (AvgIpc) is 2.68. The van der Waals surface area contributed by atoms with Crippen molar-refractivity contribution in [1.82, 2.24) is 4.72 Å². The van der Waals surface area contributed by atoms with Crippen LogP contribution in [0.2, 0.25) is 0 Å². The molecule has 8 heteroatoms. The van der Waals surface area contributed by atoms with Crippen LogP contribution in [-0.4, -0.2) is 33.4 Å². The maximum Gasteiger partial charge on any atom is 0.307 e. The SMILES string of the molecule is CCc1ccc(NC(=O)COC(=O)CCNS(=O)(=O)c2cc(C)ccc2C)cc1. The van der Waals surface area contributed by atoms with Crippen LogP contribution in [0.5, 0.6) is 0 Å². The van der Waals surface area contributed by atoms with Gasteiger partial charge in [0.15, 0.2) is 6.61 Å². The molecule has 0 aromatic heterocycles. The van der Waals surface area contributed by atoms with Gasteiger partial charge in [0.2, 0.25) is 10.0 Å². The number of rotatable bonds is 9. The third kappa shape index (κ3) is 6.99. The molecule has 0 saturated carbocycles. The van der Waals surface area contributed by atoms with Gasteiger partial charge in [-0.1, -0.05) is 31.2 Å². The fourth-order valence-electron chi connectivity index (χ4n) is 2.60. The van der Waals surface area contributed by atoms with E-state index in [4.69, 9.17) is 4.74 Å². The molecule has 29 heavy (non-hydrogen) atoms. The summed E-state index contributed by atoms with van der Waals surface area (Å²) >= 11 is 0. The number of esters is 1. The van der Waals surface area contributed by atoms with Crippen LogP contribution in [-0.2, 0) is 30.8 Å². The van der Waals surface area contributed by atoms with E-state index in [-0.39, 0.29) is 17.9 Å². The highest BCUT2D eigenvalue weighted by Gasteiger charge is 2.17. The van der Waals surface area contributed by atoms with Crippen LogP contribution in [0.4, 0.5) is 5.69 Å². The number of carbonyl (C=O) groups excluding carboxylic acids is 2. The molecule has 7 nitrogen and oxygen atoms in total. The highest BCUT2D eigenvalue weighted by atomic mass is 32.2. The fourth-order valence-corrected chi connectivity index (χ4v) is 3.96. The monoisotopic (exact) mass is 418 g/mol. The molecule has 0 fully saturated rings. The molecule has 156 valence electrons. The molecule has 0 heterocycles. The summed E-state index contributed by atoms with van der Waals surface area (Å²) in [5.41, 5.74) is 3.21. The summed E-state index contributed by atoms with van der Waals surface area (Å²) in [5.74, 6) is -1.12. The third-order valence-corrected chi connectivity index (χ3v) is 5.87. The molecule has 0 bridgehead atoms. The van der Waals surface area contributed by atoms with Crippen LogP contribution >= 0.6 is 0 Å². The van der Waals surface area contributed by atoms with E-state index in [0.29, 0.717) is 11.3 Å². The Bertz CT molecular complexity index is 969. The number of anilines is 1. The van der Waals surface area contributed by atoms with E-state index in [9.17, 15) is 18.0 Å². The Morgan fingerprint density at radius 3 is 2.38 bits per heavy atom. The molecule has 2 aromatic rings. The number of sulfonamides is 1. The number of amides is 1. The highest BCUT2D eigenvalue weighted by molar-refractivity contribution is 7.89. The zero-order valence-electron chi connectivity index (χ0n) is 16.8. The van der Waals surface area contributed by atoms with Gasteiger partial charge in [0, 0.05) is 12.2 Å². The third-order valence-electron chi connectivity index (χ3n) is 4.26. The molecule has 2 rings (SSSR count). The van der Waals surface area contributed by atoms with E-state index >= 15 is 0 Å². The summed E-state index contributed by atoms with van der Waals surface area (Å²) in [5, 5.41) is 2.63. The molecular weight excluding hydrogens is 392 g/mol. The topological polar surface area (TPSA) is 102 Å². The van der Waals surface area contributed by atoms with Gasteiger partial charge in [-0.25, -0.2) is 13.1 Å². The molecule has 1 amide bonds. The van der Waals surface area contributed by atoms with Crippen molar-refractivity contribution in [2.45, 2.75) is 38.5 Å². The lowest BCUT2D eigenvalue weighted by Crippen LogP contribution is -2.28. The van der Waals surface area contributed by atoms with Crippen LogP contribution in [0, 0.1) is 13.8 Å². The molecule has 0 radical (unpaired) electrons. The summed E-state index contributed by atoms with van der Waals surface area (Å²) < 4.78 is 32.0. The zero-order valence-corrected chi connectivity index (χ0v) is 17.6. The standard InChI is InChI=1S/C21H26N2O5S/c1-4-17-7-9-18(10-8-17)23-20(24)14-28-21(25)11-12-22-29(26,27)19-13-15(2)5-6-16(19)3/h5-10,13,22H,4,11-12,14H2,1-3H3,(H,23,24). The van der Waals surface area contributed by atoms with Crippen LogP contribution < -0.4 is 10.0 Å². The van der Waals surface area contributed by atoms with E-state index in [1.807, 2.05) is 25.1 Å². The first-order valence-corrected chi connectivity index (χ1v) is 10.8. The Hall–Kier alpha value is -2.71. The number of ether oxygens (including phenoxy) is 1. The predicted molar refractivity (Wildman–Crippen MR) is 111 cm³/mol. The normalized spacial score (nSPS) is 11.1. The van der Waals surface area contributed by atoms with Gasteiger partial charge in [-0.15, -0.1) is 0 Å². The Morgan fingerprint density at radius 1 is 1.03 bits per heavy atom. The first-order chi connectivity index (χ1) is 13.7. The van der Waals surface area contributed by atoms with Gasteiger partial charge in [0.1, 0.15) is 0 Å². The van der Waals surface area contributed by atoms with E-state index in [2.05, 4.69) is 10.0 Å². The number of benzene rings is 2. The summed E-state index contributed by atoms with van der Waals surface area (Å²) in [4.78, 5) is 23.8. The van der Waals surface area contributed by atoms with Crippen LogP contribution in [0.25, 0.3) is 0 Å². The molecule has 2 aromatic carbocycles. The average molecular weight is 419 g/mol. The summed E-state index contributed by atoms with van der Waals surface area (Å²) in [6.07, 6.45) is 0.724. The number of nitrogens with one attached hydrogen (secondary N) is 2. The van der Waals surface area contributed by atoms with Crippen molar-refractivity contribution in [1.29, 1.82) is 0 Å². The van der Waals surface area contributed by atoms with Crippen molar-refractivity contribution in [2.24, 2.45) is 0 Å². The first kappa shape index (κ1) is 22.6. The van der Waals surface area contributed by atoms with Crippen molar-refractivity contribution < 1.29 is 22.7 Å². The summed E-state index contributed by atoms with van der Waals surface area (Å²) in [7, 11) is -3.72. The number of carbonyl (C=O) groups is 2. The van der Waals surface area contributed by atoms with E-state index in [1.54, 1.807) is 38.1 Å². The van der Waals surface area contributed by atoms with Gasteiger partial charge >= 0.3 is 5.97 Å². The molecule has 0 atom stereocenters. The number of hydrogen-bond acceptors (Lipinski definition) is 5. The zero-order chi connectivity index (χ0) is 21.4.